The number of aliphatic hydroxyl groups is 1. The molecule has 0 amide bonds. The number of halogens is 1. The maximum Gasteiger partial charge on any atom is 0.0932 e. The van der Waals surface area contributed by atoms with Gasteiger partial charge in [-0.2, -0.15) is 0 Å². The van der Waals surface area contributed by atoms with Crippen molar-refractivity contribution >= 4 is 11.6 Å². The van der Waals surface area contributed by atoms with Crippen LogP contribution in [-0.4, -0.2) is 25.8 Å². The molecule has 0 aliphatic rings. The second kappa shape index (κ2) is 6.08. The van der Waals surface area contributed by atoms with Crippen LogP contribution in [0.25, 0.3) is 0 Å². The number of ether oxygens (including phenoxy) is 1. The number of nitrogens with one attached hydrogen (secondary N) is 1. The maximum absolute atomic E-state index is 9.91. The van der Waals surface area contributed by atoms with Gasteiger partial charge >= 0.3 is 0 Å². The summed E-state index contributed by atoms with van der Waals surface area (Å²) in [6.07, 6.45) is -0.603. The van der Waals surface area contributed by atoms with Crippen LogP contribution in [0.1, 0.15) is 17.2 Å². The molecule has 0 heterocycles. The number of likely N-dealkylation sites (N-methyl/N-ethyl adjacent to an activating group) is 1. The van der Waals surface area contributed by atoms with E-state index in [9.17, 15) is 5.11 Å². The SMILES string of the molecule is CNCC(O)c1c(Cl)cccc1COC. The van der Waals surface area contributed by atoms with Crippen molar-refractivity contribution in [1.82, 2.24) is 5.32 Å². The molecule has 3 nitrogen and oxygen atoms in total. The summed E-state index contributed by atoms with van der Waals surface area (Å²) in [6, 6.07) is 5.53. The van der Waals surface area contributed by atoms with Crippen LogP contribution in [0.5, 0.6) is 0 Å². The zero-order chi connectivity index (χ0) is 11.3. The van der Waals surface area contributed by atoms with Crippen molar-refractivity contribution < 1.29 is 9.84 Å². The van der Waals surface area contributed by atoms with Crippen LogP contribution in [0, 0.1) is 0 Å². The topological polar surface area (TPSA) is 41.5 Å². The van der Waals surface area contributed by atoms with Crippen molar-refractivity contribution in [1.29, 1.82) is 0 Å². The van der Waals surface area contributed by atoms with Crippen molar-refractivity contribution in [3.05, 3.63) is 34.3 Å². The van der Waals surface area contributed by atoms with Crippen molar-refractivity contribution in [2.45, 2.75) is 12.7 Å². The van der Waals surface area contributed by atoms with Gasteiger partial charge in [0.05, 0.1) is 12.7 Å². The molecular formula is C11H16ClNO2. The second-order valence-corrected chi connectivity index (χ2v) is 3.73. The van der Waals surface area contributed by atoms with Gasteiger partial charge in [0.1, 0.15) is 0 Å². The number of hydrogen-bond donors (Lipinski definition) is 2. The predicted octanol–water partition coefficient (Wildman–Crippen LogP) is 1.74. The van der Waals surface area contributed by atoms with Crippen molar-refractivity contribution in [2.24, 2.45) is 0 Å². The van der Waals surface area contributed by atoms with E-state index >= 15 is 0 Å². The molecule has 0 radical (unpaired) electrons. The number of benzene rings is 1. The minimum absolute atomic E-state index is 0.455. The lowest BCUT2D eigenvalue weighted by atomic mass is 10.0. The van der Waals surface area contributed by atoms with Gasteiger partial charge in [-0.1, -0.05) is 23.7 Å². The molecule has 0 fully saturated rings. The van der Waals surface area contributed by atoms with Gasteiger partial charge in [0.25, 0.3) is 0 Å². The van der Waals surface area contributed by atoms with E-state index < -0.39 is 6.10 Å². The summed E-state index contributed by atoms with van der Waals surface area (Å²) in [7, 11) is 3.41. The lowest BCUT2D eigenvalue weighted by molar-refractivity contribution is 0.161. The highest BCUT2D eigenvalue weighted by Crippen LogP contribution is 2.26. The molecule has 0 aliphatic carbocycles. The van der Waals surface area contributed by atoms with E-state index in [-0.39, 0.29) is 0 Å². The Kier molecular flexibility index (Phi) is 5.05. The number of aliphatic hydroxyl groups excluding tert-OH is 1. The summed E-state index contributed by atoms with van der Waals surface area (Å²) in [6.45, 7) is 0.928. The first-order valence-corrected chi connectivity index (χ1v) is 5.17. The first-order chi connectivity index (χ1) is 7.20. The maximum atomic E-state index is 9.91. The lowest BCUT2D eigenvalue weighted by Gasteiger charge is -2.16. The van der Waals surface area contributed by atoms with Gasteiger partial charge in [0.15, 0.2) is 0 Å². The second-order valence-electron chi connectivity index (χ2n) is 3.32. The third-order valence-corrected chi connectivity index (χ3v) is 2.50. The molecule has 15 heavy (non-hydrogen) atoms. The van der Waals surface area contributed by atoms with E-state index in [2.05, 4.69) is 5.32 Å². The fourth-order valence-corrected chi connectivity index (χ4v) is 1.85. The fraction of sp³-hybridized carbons (Fsp3) is 0.455. The van der Waals surface area contributed by atoms with E-state index in [1.54, 1.807) is 20.2 Å². The molecule has 0 aromatic heterocycles. The fourth-order valence-electron chi connectivity index (χ4n) is 1.53. The Morgan fingerprint density at radius 2 is 2.27 bits per heavy atom. The largest absolute Gasteiger partial charge is 0.387 e. The first-order valence-electron chi connectivity index (χ1n) is 4.79. The molecule has 0 aliphatic heterocycles. The Bertz CT molecular complexity index is 317. The molecule has 0 saturated carbocycles. The van der Waals surface area contributed by atoms with Crippen LogP contribution in [0.3, 0.4) is 0 Å². The quantitative estimate of drug-likeness (QED) is 0.808. The third-order valence-electron chi connectivity index (χ3n) is 2.17. The molecule has 0 bridgehead atoms. The molecule has 2 N–H and O–H groups in total. The molecule has 1 rings (SSSR count). The van der Waals surface area contributed by atoms with Crippen LogP contribution >= 0.6 is 11.6 Å². The summed E-state index contributed by atoms with van der Waals surface area (Å²) in [5, 5.41) is 13.4. The minimum atomic E-state index is -0.603. The number of hydrogen-bond acceptors (Lipinski definition) is 3. The summed E-state index contributed by atoms with van der Waals surface area (Å²) in [5.41, 5.74) is 1.67. The minimum Gasteiger partial charge on any atom is -0.387 e. The molecule has 1 atom stereocenters. The van der Waals surface area contributed by atoms with Gasteiger partial charge in [-0.3, -0.25) is 0 Å². The molecule has 0 saturated heterocycles. The summed E-state index contributed by atoms with van der Waals surface area (Å²) < 4.78 is 5.06. The Hall–Kier alpha value is -0.610. The smallest absolute Gasteiger partial charge is 0.0932 e. The van der Waals surface area contributed by atoms with Crippen LogP contribution < -0.4 is 5.32 Å². The summed E-state index contributed by atoms with van der Waals surface area (Å²) in [4.78, 5) is 0. The first kappa shape index (κ1) is 12.5. The zero-order valence-electron chi connectivity index (χ0n) is 8.96. The lowest BCUT2D eigenvalue weighted by Crippen LogP contribution is -2.18. The Labute approximate surface area is 95.0 Å². The van der Waals surface area contributed by atoms with Crippen LogP contribution in [0.4, 0.5) is 0 Å². The Morgan fingerprint density at radius 3 is 2.87 bits per heavy atom. The molecule has 1 unspecified atom stereocenters. The van der Waals surface area contributed by atoms with E-state index in [0.717, 1.165) is 11.1 Å². The van der Waals surface area contributed by atoms with Crippen LogP contribution in [-0.2, 0) is 11.3 Å². The van der Waals surface area contributed by atoms with Crippen molar-refractivity contribution in [2.75, 3.05) is 20.7 Å². The molecule has 84 valence electrons. The summed E-state index contributed by atoms with van der Waals surface area (Å²) in [5.74, 6) is 0. The number of methoxy groups -OCH3 is 1. The predicted molar refractivity (Wildman–Crippen MR) is 61.1 cm³/mol. The van der Waals surface area contributed by atoms with Gasteiger partial charge < -0.3 is 15.2 Å². The normalized spacial score (nSPS) is 12.8. The highest BCUT2D eigenvalue weighted by Gasteiger charge is 2.14. The molecular weight excluding hydrogens is 214 g/mol. The molecule has 4 heteroatoms. The van der Waals surface area contributed by atoms with Crippen LogP contribution in [0.2, 0.25) is 5.02 Å². The average molecular weight is 230 g/mol. The van der Waals surface area contributed by atoms with E-state index in [0.29, 0.717) is 18.2 Å². The van der Waals surface area contributed by atoms with Gasteiger partial charge in [-0.05, 0) is 18.7 Å². The monoisotopic (exact) mass is 229 g/mol. The molecule has 1 aromatic carbocycles. The molecule has 1 aromatic rings. The van der Waals surface area contributed by atoms with Crippen molar-refractivity contribution in [3.63, 3.8) is 0 Å². The highest BCUT2D eigenvalue weighted by molar-refractivity contribution is 6.31. The Morgan fingerprint density at radius 1 is 1.53 bits per heavy atom. The van der Waals surface area contributed by atoms with Gasteiger partial charge in [-0.15, -0.1) is 0 Å². The van der Waals surface area contributed by atoms with Crippen LogP contribution in [0.15, 0.2) is 18.2 Å². The molecule has 0 spiro atoms. The average Bonchev–Trinajstić information content (AvgIpc) is 2.18. The summed E-state index contributed by atoms with van der Waals surface area (Å²) >= 11 is 6.05. The van der Waals surface area contributed by atoms with E-state index in [1.165, 1.54) is 0 Å². The van der Waals surface area contributed by atoms with Gasteiger partial charge in [0, 0.05) is 24.2 Å². The third kappa shape index (κ3) is 3.18. The standard InChI is InChI=1S/C11H16ClNO2/c1-13-6-10(14)11-8(7-15-2)4-3-5-9(11)12/h3-5,10,13-14H,6-7H2,1-2H3. The Balaban J connectivity index is 3.00. The highest BCUT2D eigenvalue weighted by atomic mass is 35.5. The zero-order valence-corrected chi connectivity index (χ0v) is 9.71. The van der Waals surface area contributed by atoms with E-state index in [1.807, 2.05) is 12.1 Å². The van der Waals surface area contributed by atoms with Crippen molar-refractivity contribution in [3.8, 4) is 0 Å². The van der Waals surface area contributed by atoms with E-state index in [4.69, 9.17) is 16.3 Å². The van der Waals surface area contributed by atoms with Gasteiger partial charge in [0.2, 0.25) is 0 Å². The number of rotatable bonds is 5. The van der Waals surface area contributed by atoms with Gasteiger partial charge in [-0.25, -0.2) is 0 Å².